The maximum absolute atomic E-state index is 11.4. The van der Waals surface area contributed by atoms with Crippen LogP contribution in [0.4, 0.5) is 0 Å². The summed E-state index contributed by atoms with van der Waals surface area (Å²) in [5.41, 5.74) is 0.581. The highest BCUT2D eigenvalue weighted by Crippen LogP contribution is 2.30. The molecule has 93 valence electrons. The van der Waals surface area contributed by atoms with E-state index in [1.54, 1.807) is 12.1 Å². The lowest BCUT2D eigenvalue weighted by atomic mass is 10.2. The van der Waals surface area contributed by atoms with E-state index in [4.69, 9.17) is 4.74 Å². The third kappa shape index (κ3) is 2.53. The molecular formula is C15H9BrNO2. The topological polar surface area (TPSA) is 42.0 Å². The molecule has 3 rings (SSSR count). The fraction of sp³-hybridized carbons (Fsp3) is 0. The Labute approximate surface area is 118 Å². The molecule has 0 unspecified atom stereocenters. The molecule has 1 radical (unpaired) electrons. The summed E-state index contributed by atoms with van der Waals surface area (Å²) in [6.45, 7) is 0. The molecule has 1 aromatic heterocycles. The molecule has 19 heavy (non-hydrogen) atoms. The molecule has 3 nitrogen and oxygen atoms in total. The van der Waals surface area contributed by atoms with Crippen LogP contribution in [0.1, 0.15) is 0 Å². The van der Waals surface area contributed by atoms with Crippen LogP contribution in [0.3, 0.4) is 0 Å². The van der Waals surface area contributed by atoms with E-state index in [1.807, 2.05) is 36.4 Å². The Hall–Kier alpha value is -2.07. The molecule has 3 aromatic rings. The minimum atomic E-state index is -0.264. The molecule has 0 aliphatic rings. The van der Waals surface area contributed by atoms with Crippen molar-refractivity contribution in [3.63, 3.8) is 0 Å². The highest BCUT2D eigenvalue weighted by Gasteiger charge is 2.06. The Morgan fingerprint density at radius 3 is 2.53 bits per heavy atom. The highest BCUT2D eigenvalue weighted by molar-refractivity contribution is 9.10. The van der Waals surface area contributed by atoms with Gasteiger partial charge in [0.25, 0.3) is 5.88 Å². The van der Waals surface area contributed by atoms with Gasteiger partial charge in [-0.1, -0.05) is 28.1 Å². The van der Waals surface area contributed by atoms with Crippen molar-refractivity contribution in [3.8, 4) is 17.4 Å². The van der Waals surface area contributed by atoms with E-state index < -0.39 is 0 Å². The fourth-order valence-electron chi connectivity index (χ4n) is 1.81. The monoisotopic (exact) mass is 314 g/mol. The summed E-state index contributed by atoms with van der Waals surface area (Å²) in [7, 11) is 0. The second-order valence-corrected chi connectivity index (χ2v) is 4.95. The second-order valence-electron chi connectivity index (χ2n) is 4.03. The number of pyridine rings is 1. The van der Waals surface area contributed by atoms with Crippen LogP contribution in [0.15, 0.2) is 59.1 Å². The lowest BCUT2D eigenvalue weighted by molar-refractivity contribution is 0.338. The van der Waals surface area contributed by atoms with E-state index in [2.05, 4.69) is 20.9 Å². The molecule has 0 amide bonds. The van der Waals surface area contributed by atoms with Gasteiger partial charge in [-0.2, -0.15) is 0 Å². The van der Waals surface area contributed by atoms with Crippen molar-refractivity contribution in [2.75, 3.05) is 0 Å². The molecule has 0 fully saturated rings. The van der Waals surface area contributed by atoms with Crippen molar-refractivity contribution in [3.05, 3.63) is 59.1 Å². The summed E-state index contributed by atoms with van der Waals surface area (Å²) >= 11 is 3.37. The van der Waals surface area contributed by atoms with Gasteiger partial charge in [0.15, 0.2) is 5.75 Å². The van der Waals surface area contributed by atoms with Crippen LogP contribution in [0.5, 0.6) is 17.4 Å². The van der Waals surface area contributed by atoms with Gasteiger partial charge in [0.2, 0.25) is 0 Å². The highest BCUT2D eigenvalue weighted by atomic mass is 79.9. The number of hydrogen-bond donors (Lipinski definition) is 0. The fourth-order valence-corrected chi connectivity index (χ4v) is 2.08. The first-order valence-electron chi connectivity index (χ1n) is 5.72. The Kier molecular flexibility index (Phi) is 3.09. The van der Waals surface area contributed by atoms with Crippen molar-refractivity contribution in [1.82, 2.24) is 4.98 Å². The molecule has 0 bridgehead atoms. The number of rotatable bonds is 2. The molecule has 0 spiro atoms. The summed E-state index contributed by atoms with van der Waals surface area (Å²) in [4.78, 5) is 4.00. The Bertz CT molecular complexity index is 726. The number of nitrogens with zero attached hydrogens (tertiary/aromatic N) is 1. The van der Waals surface area contributed by atoms with Crippen LogP contribution in [-0.4, -0.2) is 4.98 Å². The Morgan fingerprint density at radius 2 is 1.74 bits per heavy atom. The number of aromatic nitrogens is 1. The van der Waals surface area contributed by atoms with Gasteiger partial charge in [0.1, 0.15) is 11.3 Å². The predicted octanol–water partition coefficient (Wildman–Crippen LogP) is 4.93. The summed E-state index contributed by atoms with van der Waals surface area (Å²) in [5.74, 6) is 1.02. The lowest BCUT2D eigenvalue weighted by Gasteiger charge is -2.08. The number of para-hydroxylation sites is 1. The van der Waals surface area contributed by atoms with Crippen molar-refractivity contribution < 1.29 is 9.84 Å². The van der Waals surface area contributed by atoms with E-state index in [0.29, 0.717) is 17.0 Å². The van der Waals surface area contributed by atoms with E-state index in [0.717, 1.165) is 9.86 Å². The Morgan fingerprint density at radius 1 is 0.947 bits per heavy atom. The average molecular weight is 315 g/mol. The largest absolute Gasteiger partial charge is 0.455 e. The molecule has 2 aromatic carbocycles. The number of fused-ring (bicyclic) bond motifs is 1. The minimum Gasteiger partial charge on any atom is -0.455 e. The maximum Gasteiger partial charge on any atom is 0.270 e. The standard InChI is InChI=1S/C15H9BrNO2/c16-11-5-7-12(8-6-11)19-13-3-1-2-10-4-9-14(18)17-15(10)13/h1-9H. The lowest BCUT2D eigenvalue weighted by Crippen LogP contribution is -1.87. The molecule has 0 N–H and O–H groups in total. The molecular weight excluding hydrogens is 306 g/mol. The van der Waals surface area contributed by atoms with E-state index >= 15 is 0 Å². The van der Waals surface area contributed by atoms with Gasteiger partial charge >= 0.3 is 0 Å². The first kappa shape index (κ1) is 12.0. The van der Waals surface area contributed by atoms with Gasteiger partial charge < -0.3 is 4.74 Å². The maximum atomic E-state index is 11.4. The van der Waals surface area contributed by atoms with Gasteiger partial charge in [-0.15, -0.1) is 0 Å². The summed E-state index contributed by atoms with van der Waals surface area (Å²) in [6.07, 6.45) is 0. The quantitative estimate of drug-likeness (QED) is 0.672. The Balaban J connectivity index is 2.05. The van der Waals surface area contributed by atoms with Gasteiger partial charge in [-0.3, -0.25) is 5.11 Å². The first-order chi connectivity index (χ1) is 9.22. The predicted molar refractivity (Wildman–Crippen MR) is 76.1 cm³/mol. The SMILES string of the molecule is [O]c1ccc2cccc(Oc3ccc(Br)cc3)c2n1. The zero-order valence-electron chi connectivity index (χ0n) is 9.84. The van der Waals surface area contributed by atoms with Crippen LogP contribution in [-0.2, 0) is 5.11 Å². The van der Waals surface area contributed by atoms with E-state index in [9.17, 15) is 5.11 Å². The van der Waals surface area contributed by atoms with Crippen LogP contribution >= 0.6 is 15.9 Å². The molecule has 1 heterocycles. The van der Waals surface area contributed by atoms with Crippen LogP contribution in [0.25, 0.3) is 10.9 Å². The normalized spacial score (nSPS) is 10.6. The number of ether oxygens (including phenoxy) is 1. The van der Waals surface area contributed by atoms with Crippen LogP contribution < -0.4 is 4.74 Å². The molecule has 0 atom stereocenters. The zero-order valence-corrected chi connectivity index (χ0v) is 11.4. The van der Waals surface area contributed by atoms with Crippen LogP contribution in [0, 0.1) is 0 Å². The van der Waals surface area contributed by atoms with Gasteiger partial charge in [-0.25, -0.2) is 4.98 Å². The number of hydrogen-bond acceptors (Lipinski definition) is 2. The number of benzene rings is 2. The molecule has 4 heteroatoms. The third-order valence-corrected chi connectivity index (χ3v) is 3.23. The third-order valence-electron chi connectivity index (χ3n) is 2.70. The van der Waals surface area contributed by atoms with Crippen molar-refractivity contribution in [2.45, 2.75) is 0 Å². The summed E-state index contributed by atoms with van der Waals surface area (Å²) in [6, 6.07) is 16.3. The van der Waals surface area contributed by atoms with Crippen molar-refractivity contribution in [1.29, 1.82) is 0 Å². The first-order valence-corrected chi connectivity index (χ1v) is 6.52. The second kappa shape index (κ2) is 4.90. The molecule has 0 saturated heterocycles. The van der Waals surface area contributed by atoms with Gasteiger partial charge in [0.05, 0.1) is 0 Å². The van der Waals surface area contributed by atoms with Crippen molar-refractivity contribution in [2.24, 2.45) is 0 Å². The average Bonchev–Trinajstić information content (AvgIpc) is 2.42. The molecule has 0 saturated carbocycles. The number of halogens is 1. The van der Waals surface area contributed by atoms with Crippen LogP contribution in [0.2, 0.25) is 0 Å². The van der Waals surface area contributed by atoms with E-state index in [-0.39, 0.29) is 5.88 Å². The smallest absolute Gasteiger partial charge is 0.270 e. The molecule has 0 aliphatic heterocycles. The minimum absolute atomic E-state index is 0.264. The summed E-state index contributed by atoms with van der Waals surface area (Å²) < 4.78 is 6.76. The molecule has 0 aliphatic carbocycles. The zero-order chi connectivity index (χ0) is 13.2. The van der Waals surface area contributed by atoms with E-state index in [1.165, 1.54) is 6.07 Å². The van der Waals surface area contributed by atoms with Gasteiger partial charge in [-0.05, 0) is 36.4 Å². The summed E-state index contributed by atoms with van der Waals surface area (Å²) in [5, 5.41) is 12.2. The van der Waals surface area contributed by atoms with Crippen molar-refractivity contribution >= 4 is 26.8 Å². The van der Waals surface area contributed by atoms with Gasteiger partial charge in [0, 0.05) is 15.9 Å².